The van der Waals surface area contributed by atoms with Crippen LogP contribution in [0.1, 0.15) is 0 Å². The second kappa shape index (κ2) is 11.8. The van der Waals surface area contributed by atoms with Gasteiger partial charge in [-0.3, -0.25) is 0 Å². The highest BCUT2D eigenvalue weighted by Gasteiger charge is 2.21. The molecule has 1 heterocycles. The highest BCUT2D eigenvalue weighted by molar-refractivity contribution is 6.16. The van der Waals surface area contributed by atoms with E-state index >= 15 is 0 Å². The number of anilines is 3. The number of fused-ring (bicyclic) bond motifs is 4. The lowest BCUT2D eigenvalue weighted by Gasteiger charge is -2.28. The van der Waals surface area contributed by atoms with Gasteiger partial charge in [-0.2, -0.15) is 0 Å². The van der Waals surface area contributed by atoms with Crippen LogP contribution in [-0.2, 0) is 0 Å². The minimum Gasteiger partial charge on any atom is -0.456 e. The molecule has 226 valence electrons. The van der Waals surface area contributed by atoms with Crippen LogP contribution >= 0.6 is 0 Å². The van der Waals surface area contributed by atoms with Gasteiger partial charge < -0.3 is 9.32 Å². The van der Waals surface area contributed by atoms with Crippen molar-refractivity contribution in [2.75, 3.05) is 4.90 Å². The van der Waals surface area contributed by atoms with Crippen LogP contribution in [0.5, 0.6) is 0 Å². The van der Waals surface area contributed by atoms with Gasteiger partial charge in [0, 0.05) is 27.7 Å². The maximum atomic E-state index is 6.50. The Hall–Kier alpha value is -6.38. The van der Waals surface area contributed by atoms with E-state index in [1.54, 1.807) is 0 Å². The number of furan rings is 1. The SMILES string of the molecule is c1ccc(-c2ccc(N(c3cccc(-c4ccccc4)c3)c3ccccc3-c3cccc4oc5cc6ccccc6cc5c34)cc2)cc1. The summed E-state index contributed by atoms with van der Waals surface area (Å²) >= 11 is 0. The highest BCUT2D eigenvalue weighted by atomic mass is 16.3. The van der Waals surface area contributed by atoms with Crippen molar-refractivity contribution in [3.63, 3.8) is 0 Å². The third-order valence-corrected chi connectivity index (χ3v) is 9.24. The number of benzene rings is 8. The van der Waals surface area contributed by atoms with Crippen LogP contribution < -0.4 is 4.90 Å². The minimum absolute atomic E-state index is 0.887. The smallest absolute Gasteiger partial charge is 0.136 e. The Labute approximate surface area is 279 Å². The molecule has 0 aliphatic rings. The molecular weight excluding hydrogens is 583 g/mol. The van der Waals surface area contributed by atoms with Crippen LogP contribution in [0.25, 0.3) is 66.1 Å². The van der Waals surface area contributed by atoms with E-state index in [2.05, 4.69) is 193 Å². The van der Waals surface area contributed by atoms with Gasteiger partial charge in [-0.25, -0.2) is 0 Å². The summed E-state index contributed by atoms with van der Waals surface area (Å²) in [6.07, 6.45) is 0. The van der Waals surface area contributed by atoms with Crippen molar-refractivity contribution in [3.05, 3.63) is 188 Å². The minimum atomic E-state index is 0.887. The van der Waals surface area contributed by atoms with Crippen LogP contribution in [0.4, 0.5) is 17.1 Å². The van der Waals surface area contributed by atoms with Crippen LogP contribution in [0.3, 0.4) is 0 Å². The summed E-state index contributed by atoms with van der Waals surface area (Å²) in [4.78, 5) is 2.38. The van der Waals surface area contributed by atoms with Gasteiger partial charge in [0.25, 0.3) is 0 Å². The number of rotatable bonds is 6. The van der Waals surface area contributed by atoms with E-state index in [0.29, 0.717) is 0 Å². The van der Waals surface area contributed by atoms with E-state index in [4.69, 9.17) is 4.42 Å². The first-order chi connectivity index (χ1) is 23.8. The van der Waals surface area contributed by atoms with E-state index in [1.807, 2.05) is 0 Å². The zero-order chi connectivity index (χ0) is 31.9. The lowest BCUT2D eigenvalue weighted by atomic mass is 9.96. The molecule has 0 saturated heterocycles. The van der Waals surface area contributed by atoms with Crippen molar-refractivity contribution in [2.45, 2.75) is 0 Å². The van der Waals surface area contributed by atoms with Crippen molar-refractivity contribution in [1.82, 2.24) is 0 Å². The van der Waals surface area contributed by atoms with Crippen LogP contribution in [0.15, 0.2) is 192 Å². The van der Waals surface area contributed by atoms with Gasteiger partial charge in [0.15, 0.2) is 0 Å². The average Bonchev–Trinajstić information content (AvgIpc) is 3.53. The van der Waals surface area contributed by atoms with E-state index < -0.39 is 0 Å². The molecule has 0 amide bonds. The van der Waals surface area contributed by atoms with Crippen molar-refractivity contribution in [1.29, 1.82) is 0 Å². The molecule has 0 atom stereocenters. The molecule has 48 heavy (non-hydrogen) atoms. The molecular formula is C46H31NO. The number of hydrogen-bond donors (Lipinski definition) is 0. The first kappa shape index (κ1) is 27.9. The predicted octanol–water partition coefficient (Wildman–Crippen LogP) is 13.2. The van der Waals surface area contributed by atoms with Gasteiger partial charge >= 0.3 is 0 Å². The number of hydrogen-bond acceptors (Lipinski definition) is 2. The summed E-state index contributed by atoms with van der Waals surface area (Å²) in [5.74, 6) is 0. The fourth-order valence-electron chi connectivity index (χ4n) is 6.95. The molecule has 0 aliphatic heterocycles. The van der Waals surface area contributed by atoms with Gasteiger partial charge in [0.05, 0.1) is 5.69 Å². The monoisotopic (exact) mass is 613 g/mol. The summed E-state index contributed by atoms with van der Waals surface area (Å²) in [6.45, 7) is 0. The summed E-state index contributed by atoms with van der Waals surface area (Å²) in [5.41, 5.74) is 12.1. The maximum Gasteiger partial charge on any atom is 0.136 e. The van der Waals surface area contributed by atoms with Crippen molar-refractivity contribution in [3.8, 4) is 33.4 Å². The molecule has 0 unspecified atom stereocenters. The Kier molecular flexibility index (Phi) is 6.84. The molecule has 1 aromatic heterocycles. The Morgan fingerprint density at radius 2 is 0.938 bits per heavy atom. The Bertz CT molecular complexity index is 2550. The average molecular weight is 614 g/mol. The summed E-state index contributed by atoms with van der Waals surface area (Å²) in [5, 5.41) is 4.63. The molecule has 8 aromatic carbocycles. The lowest BCUT2D eigenvalue weighted by molar-refractivity contribution is 0.669. The molecule has 0 N–H and O–H groups in total. The molecule has 0 aliphatic carbocycles. The van der Waals surface area contributed by atoms with Gasteiger partial charge in [0.2, 0.25) is 0 Å². The van der Waals surface area contributed by atoms with Gasteiger partial charge in [-0.1, -0.05) is 140 Å². The number of nitrogens with zero attached hydrogens (tertiary/aromatic N) is 1. The molecule has 0 fully saturated rings. The molecule has 0 bridgehead atoms. The second-order valence-corrected chi connectivity index (χ2v) is 12.2. The fraction of sp³-hybridized carbons (Fsp3) is 0. The first-order valence-corrected chi connectivity index (χ1v) is 16.3. The van der Waals surface area contributed by atoms with Crippen molar-refractivity contribution < 1.29 is 4.42 Å². The maximum absolute atomic E-state index is 6.50. The van der Waals surface area contributed by atoms with Crippen molar-refractivity contribution >= 4 is 49.8 Å². The topological polar surface area (TPSA) is 16.4 Å². The molecule has 2 nitrogen and oxygen atoms in total. The predicted molar refractivity (Wildman–Crippen MR) is 202 cm³/mol. The standard InChI is InChI=1S/C46H31NO/c1-3-13-32(14-4-1)34-25-27-38(28-26-34)47(39-20-11-19-35(29-39)33-15-5-2-6-16-33)43-23-10-9-21-40(43)41-22-12-24-44-46(41)42-30-36-17-7-8-18-37(36)31-45(42)48-44/h1-31H. The molecule has 9 aromatic rings. The normalized spacial score (nSPS) is 11.3. The van der Waals surface area contributed by atoms with Gasteiger partial charge in [0.1, 0.15) is 11.2 Å². The Balaban J connectivity index is 1.26. The van der Waals surface area contributed by atoms with Gasteiger partial charge in [-0.15, -0.1) is 0 Å². The third kappa shape index (κ3) is 4.92. The molecule has 9 rings (SSSR count). The summed E-state index contributed by atoms with van der Waals surface area (Å²) in [7, 11) is 0. The summed E-state index contributed by atoms with van der Waals surface area (Å²) in [6, 6.07) is 66.9. The summed E-state index contributed by atoms with van der Waals surface area (Å²) < 4.78 is 6.50. The van der Waals surface area contributed by atoms with Crippen molar-refractivity contribution in [2.24, 2.45) is 0 Å². The van der Waals surface area contributed by atoms with Crippen LogP contribution in [-0.4, -0.2) is 0 Å². The van der Waals surface area contributed by atoms with E-state index in [1.165, 1.54) is 33.0 Å². The zero-order valence-electron chi connectivity index (χ0n) is 26.3. The third-order valence-electron chi connectivity index (χ3n) is 9.24. The first-order valence-electron chi connectivity index (χ1n) is 16.3. The van der Waals surface area contributed by atoms with E-state index in [0.717, 1.165) is 50.1 Å². The van der Waals surface area contributed by atoms with E-state index in [9.17, 15) is 0 Å². The second-order valence-electron chi connectivity index (χ2n) is 12.2. The fourth-order valence-corrected chi connectivity index (χ4v) is 6.95. The molecule has 0 spiro atoms. The Morgan fingerprint density at radius 3 is 1.71 bits per heavy atom. The quantitative estimate of drug-likeness (QED) is 0.185. The zero-order valence-corrected chi connectivity index (χ0v) is 26.3. The molecule has 0 radical (unpaired) electrons. The lowest BCUT2D eigenvalue weighted by Crippen LogP contribution is -2.11. The highest BCUT2D eigenvalue weighted by Crippen LogP contribution is 2.45. The largest absolute Gasteiger partial charge is 0.456 e. The van der Waals surface area contributed by atoms with Crippen LogP contribution in [0, 0.1) is 0 Å². The van der Waals surface area contributed by atoms with Crippen LogP contribution in [0.2, 0.25) is 0 Å². The molecule has 2 heteroatoms. The Morgan fingerprint density at radius 1 is 0.354 bits per heavy atom. The van der Waals surface area contributed by atoms with Gasteiger partial charge in [-0.05, 0) is 87.1 Å². The number of para-hydroxylation sites is 1. The molecule has 0 saturated carbocycles. The van der Waals surface area contributed by atoms with E-state index in [-0.39, 0.29) is 0 Å².